The number of aliphatic hydroxyl groups is 2. The van der Waals surface area contributed by atoms with Crippen LogP contribution in [0.25, 0.3) is 11.1 Å². The topological polar surface area (TPSA) is 131 Å². The fourth-order valence-corrected chi connectivity index (χ4v) is 6.23. The number of carbonyl (C=O) groups excluding carboxylic acids is 2. The van der Waals surface area contributed by atoms with Crippen LogP contribution in [0.15, 0.2) is 73.1 Å². The van der Waals surface area contributed by atoms with Gasteiger partial charge in [-0.05, 0) is 84.3 Å². The van der Waals surface area contributed by atoms with E-state index in [0.717, 1.165) is 59.3 Å². The lowest BCUT2D eigenvalue weighted by Crippen LogP contribution is -2.22. The number of benzene rings is 2. The van der Waals surface area contributed by atoms with Crippen molar-refractivity contribution in [3.05, 3.63) is 107 Å². The zero-order valence-electron chi connectivity index (χ0n) is 26.2. The lowest BCUT2D eigenvalue weighted by atomic mass is 9.94. The molecule has 0 saturated carbocycles. The van der Waals surface area contributed by atoms with E-state index in [2.05, 4.69) is 30.4 Å². The number of aromatic nitrogens is 2. The summed E-state index contributed by atoms with van der Waals surface area (Å²) in [5, 5.41) is 25.6. The molecule has 2 aromatic carbocycles. The summed E-state index contributed by atoms with van der Waals surface area (Å²) in [6, 6.07) is 18.8. The highest BCUT2D eigenvalue weighted by molar-refractivity contribution is 6.05. The van der Waals surface area contributed by atoms with Crippen LogP contribution in [0.4, 0.5) is 11.4 Å². The smallest absolute Gasteiger partial charge is 0.274 e. The maximum absolute atomic E-state index is 13.1. The first-order valence-electron chi connectivity index (χ1n) is 15.8. The van der Waals surface area contributed by atoms with E-state index in [1.165, 1.54) is 0 Å². The van der Waals surface area contributed by atoms with E-state index >= 15 is 0 Å². The minimum atomic E-state index is -0.294. The standard InChI is InChI=1S/C36H40N6O4/c1-23-29(5-3-7-31(23)39-35(45)33-11-9-25(17-37-33)19-41-15-13-27(43)21-41)30-6-4-8-32(24(30)2)40-36(46)34-12-10-26(18-38-34)20-42-16-14-28(44)22-42/h3-12,17-18,27-28,43-44H,13-16,19-22H2,1-2H3,(H,39,45)(H,40,46)/t27-,28-/m1/s1. The summed E-state index contributed by atoms with van der Waals surface area (Å²) in [5.41, 5.74) is 7.69. The third-order valence-electron chi connectivity index (χ3n) is 8.88. The second kappa shape index (κ2) is 13.9. The molecule has 238 valence electrons. The van der Waals surface area contributed by atoms with E-state index in [9.17, 15) is 19.8 Å². The molecule has 46 heavy (non-hydrogen) atoms. The van der Waals surface area contributed by atoms with Gasteiger partial charge in [0.25, 0.3) is 11.8 Å². The number of anilines is 2. The predicted octanol–water partition coefficient (Wildman–Crippen LogP) is 4.40. The Morgan fingerprint density at radius 3 is 1.48 bits per heavy atom. The fraction of sp³-hybridized carbons (Fsp3) is 0.333. The largest absolute Gasteiger partial charge is 0.392 e. The molecule has 4 heterocycles. The highest BCUT2D eigenvalue weighted by atomic mass is 16.3. The number of β-amino-alcohol motifs (C(OH)–C–C–N with tert-alkyl or cyclic N) is 2. The Balaban J connectivity index is 1.12. The van der Waals surface area contributed by atoms with Crippen LogP contribution in [-0.4, -0.2) is 80.2 Å². The first-order chi connectivity index (χ1) is 22.2. The van der Waals surface area contributed by atoms with E-state index < -0.39 is 0 Å². The Labute approximate surface area is 269 Å². The number of aliphatic hydroxyl groups excluding tert-OH is 2. The lowest BCUT2D eigenvalue weighted by Gasteiger charge is -2.17. The van der Waals surface area contributed by atoms with Crippen LogP contribution in [0.5, 0.6) is 0 Å². The quantitative estimate of drug-likeness (QED) is 0.217. The zero-order valence-corrected chi connectivity index (χ0v) is 26.2. The second-order valence-electron chi connectivity index (χ2n) is 12.3. The van der Waals surface area contributed by atoms with Crippen LogP contribution < -0.4 is 10.6 Å². The molecule has 0 bridgehead atoms. The Kier molecular flexibility index (Phi) is 9.51. The van der Waals surface area contributed by atoms with Gasteiger partial charge in [-0.2, -0.15) is 0 Å². The average Bonchev–Trinajstić information content (AvgIpc) is 3.66. The van der Waals surface area contributed by atoms with Gasteiger partial charge >= 0.3 is 0 Å². The number of rotatable bonds is 9. The molecule has 2 amide bonds. The number of likely N-dealkylation sites (tertiary alicyclic amines) is 2. The third kappa shape index (κ3) is 7.32. The number of carbonyl (C=O) groups is 2. The molecule has 2 saturated heterocycles. The molecule has 10 heteroatoms. The van der Waals surface area contributed by atoms with E-state index in [-0.39, 0.29) is 24.0 Å². The van der Waals surface area contributed by atoms with Crippen molar-refractivity contribution in [1.29, 1.82) is 0 Å². The summed E-state index contributed by atoms with van der Waals surface area (Å²) >= 11 is 0. The van der Waals surface area contributed by atoms with Crippen LogP contribution in [0, 0.1) is 13.8 Å². The molecule has 2 aliphatic heterocycles. The van der Waals surface area contributed by atoms with Crippen molar-refractivity contribution in [2.75, 3.05) is 36.8 Å². The monoisotopic (exact) mass is 620 g/mol. The average molecular weight is 621 g/mol. The third-order valence-corrected chi connectivity index (χ3v) is 8.88. The van der Waals surface area contributed by atoms with Crippen molar-refractivity contribution in [3.8, 4) is 11.1 Å². The van der Waals surface area contributed by atoms with Crippen LogP contribution >= 0.6 is 0 Å². The van der Waals surface area contributed by atoms with E-state index in [4.69, 9.17) is 0 Å². The van der Waals surface area contributed by atoms with E-state index in [0.29, 0.717) is 48.9 Å². The molecular formula is C36H40N6O4. The maximum Gasteiger partial charge on any atom is 0.274 e. The van der Waals surface area contributed by atoms with Crippen molar-refractivity contribution in [3.63, 3.8) is 0 Å². The van der Waals surface area contributed by atoms with Crippen LogP contribution in [0.2, 0.25) is 0 Å². The fourth-order valence-electron chi connectivity index (χ4n) is 6.23. The Bertz CT molecular complexity index is 1580. The number of nitrogens with zero attached hydrogens (tertiary/aromatic N) is 4. The summed E-state index contributed by atoms with van der Waals surface area (Å²) in [4.78, 5) is 39.4. The Hall–Kier alpha value is -4.48. The summed E-state index contributed by atoms with van der Waals surface area (Å²) in [5.74, 6) is -0.588. The minimum Gasteiger partial charge on any atom is -0.392 e. The highest BCUT2D eigenvalue weighted by Gasteiger charge is 2.22. The highest BCUT2D eigenvalue weighted by Crippen LogP contribution is 2.34. The SMILES string of the molecule is Cc1c(NC(=O)c2ccc(CN3CC[C@@H](O)C3)cn2)cccc1-c1cccc(NC(=O)c2ccc(CN3CC[C@@H](O)C3)cn2)c1C. The van der Waals surface area contributed by atoms with Gasteiger partial charge in [-0.1, -0.05) is 36.4 Å². The van der Waals surface area contributed by atoms with Crippen molar-refractivity contribution in [2.45, 2.75) is 52.0 Å². The molecule has 4 aromatic rings. The van der Waals surface area contributed by atoms with E-state index in [1.54, 1.807) is 24.5 Å². The van der Waals surface area contributed by atoms with Gasteiger partial charge in [0.15, 0.2) is 0 Å². The van der Waals surface area contributed by atoms with Gasteiger partial charge in [-0.15, -0.1) is 0 Å². The van der Waals surface area contributed by atoms with Gasteiger partial charge in [-0.25, -0.2) is 0 Å². The molecule has 2 aromatic heterocycles. The molecule has 0 spiro atoms. The van der Waals surface area contributed by atoms with Gasteiger partial charge in [0.05, 0.1) is 12.2 Å². The van der Waals surface area contributed by atoms with Gasteiger partial charge in [-0.3, -0.25) is 29.4 Å². The number of hydrogen-bond acceptors (Lipinski definition) is 8. The summed E-state index contributed by atoms with van der Waals surface area (Å²) in [6.07, 6.45) is 4.45. The zero-order chi connectivity index (χ0) is 32.2. The number of amides is 2. The molecule has 6 rings (SSSR count). The number of nitrogens with one attached hydrogen (secondary N) is 2. The molecule has 0 radical (unpaired) electrons. The molecule has 4 N–H and O–H groups in total. The van der Waals surface area contributed by atoms with Crippen molar-refractivity contribution in [2.24, 2.45) is 0 Å². The maximum atomic E-state index is 13.1. The van der Waals surface area contributed by atoms with Gasteiger partial charge in [0.2, 0.25) is 0 Å². The first kappa shape index (κ1) is 31.5. The Morgan fingerprint density at radius 1 is 0.696 bits per heavy atom. The molecule has 2 fully saturated rings. The molecule has 0 aliphatic carbocycles. The summed E-state index contributed by atoms with van der Waals surface area (Å²) in [7, 11) is 0. The van der Waals surface area contributed by atoms with Crippen LogP contribution in [0.3, 0.4) is 0 Å². The predicted molar refractivity (Wildman–Crippen MR) is 178 cm³/mol. The number of pyridine rings is 2. The number of hydrogen-bond donors (Lipinski definition) is 4. The van der Waals surface area contributed by atoms with E-state index in [1.807, 2.05) is 62.4 Å². The first-order valence-corrected chi connectivity index (χ1v) is 15.8. The van der Waals surface area contributed by atoms with Crippen molar-refractivity contribution < 1.29 is 19.8 Å². The molecule has 2 aliphatic rings. The molecule has 0 unspecified atom stereocenters. The van der Waals surface area contributed by atoms with Crippen LogP contribution in [0.1, 0.15) is 56.1 Å². The van der Waals surface area contributed by atoms with Gasteiger partial charge in [0, 0.05) is 63.0 Å². The lowest BCUT2D eigenvalue weighted by molar-refractivity contribution is 0.101. The molecule has 10 nitrogen and oxygen atoms in total. The second-order valence-corrected chi connectivity index (χ2v) is 12.3. The minimum absolute atomic E-state index is 0.273. The molecule has 2 atom stereocenters. The normalized spacial score (nSPS) is 18.5. The molecular weight excluding hydrogens is 580 g/mol. The van der Waals surface area contributed by atoms with Crippen molar-refractivity contribution >= 4 is 23.2 Å². The van der Waals surface area contributed by atoms with Gasteiger partial charge < -0.3 is 20.8 Å². The Morgan fingerprint density at radius 2 is 1.13 bits per heavy atom. The van der Waals surface area contributed by atoms with Gasteiger partial charge in [0.1, 0.15) is 11.4 Å². The van der Waals surface area contributed by atoms with Crippen LogP contribution in [-0.2, 0) is 13.1 Å². The van der Waals surface area contributed by atoms with Crippen molar-refractivity contribution in [1.82, 2.24) is 19.8 Å². The summed E-state index contributed by atoms with van der Waals surface area (Å²) < 4.78 is 0. The summed E-state index contributed by atoms with van der Waals surface area (Å²) in [6.45, 7) is 8.33.